The zero-order chi connectivity index (χ0) is 20.7. The average molecular weight is 421 g/mol. The van der Waals surface area contributed by atoms with Crippen molar-refractivity contribution < 1.29 is 0 Å². The van der Waals surface area contributed by atoms with Crippen molar-refractivity contribution in [1.82, 2.24) is 0 Å². The van der Waals surface area contributed by atoms with E-state index < -0.39 is 24.2 Å². The van der Waals surface area contributed by atoms with E-state index in [0.29, 0.717) is 0 Å². The Hall–Kier alpha value is -0.129. The van der Waals surface area contributed by atoms with Gasteiger partial charge < -0.3 is 0 Å². The second-order valence-corrected chi connectivity index (χ2v) is 24.6. The first-order valence-electron chi connectivity index (χ1n) is 12.0. The van der Waals surface area contributed by atoms with Crippen molar-refractivity contribution >= 4 is 39.8 Å². The van der Waals surface area contributed by atoms with E-state index in [0.717, 1.165) is 0 Å². The highest BCUT2D eigenvalue weighted by Crippen LogP contribution is 2.25. The molecule has 0 heterocycles. The first kappa shape index (κ1) is 24.9. The number of hydrogen-bond donors (Lipinski definition) is 0. The van der Waals surface area contributed by atoms with Gasteiger partial charge >= 0.3 is 0 Å². The molecule has 0 aliphatic heterocycles. The lowest BCUT2D eigenvalue weighted by Gasteiger charge is -2.37. The molecule has 0 bridgehead atoms. The van der Waals surface area contributed by atoms with Gasteiger partial charge in [0.05, 0.1) is 24.2 Å². The van der Waals surface area contributed by atoms with Crippen LogP contribution < -0.4 is 15.6 Å². The summed E-state index contributed by atoms with van der Waals surface area (Å²) >= 11 is 0. The van der Waals surface area contributed by atoms with Gasteiger partial charge in [0.15, 0.2) is 0 Å². The van der Waals surface area contributed by atoms with Crippen LogP contribution in [0, 0.1) is 0 Å². The summed E-state index contributed by atoms with van der Waals surface area (Å²) in [6.07, 6.45) is 0. The van der Waals surface area contributed by atoms with Crippen LogP contribution in [0.1, 0.15) is 62.3 Å². The molecule has 0 spiro atoms. The third kappa shape index (κ3) is 4.56. The second-order valence-electron chi connectivity index (χ2n) is 8.82. The van der Waals surface area contributed by atoms with E-state index in [1.807, 2.05) is 15.6 Å². The molecule has 0 radical (unpaired) electrons. The van der Waals surface area contributed by atoms with Crippen LogP contribution in [0.15, 0.2) is 18.2 Å². The minimum Gasteiger partial charge on any atom is -0.0675 e. The molecule has 0 aliphatic rings. The quantitative estimate of drug-likeness (QED) is 0.325. The van der Waals surface area contributed by atoms with E-state index in [1.54, 1.807) is 0 Å². The SMILES string of the molecule is CC[Si](CC)(CC)c1cc([Si](CC)(CC)CC)cc([Si](CC)(CC)CC)c1. The van der Waals surface area contributed by atoms with E-state index in [1.165, 1.54) is 54.4 Å². The van der Waals surface area contributed by atoms with Gasteiger partial charge in [-0.2, -0.15) is 0 Å². The van der Waals surface area contributed by atoms with Gasteiger partial charge in [-0.05, 0) is 0 Å². The molecule has 156 valence electrons. The lowest BCUT2D eigenvalue weighted by Crippen LogP contribution is -2.57. The molecule has 0 saturated carbocycles. The zero-order valence-electron chi connectivity index (χ0n) is 20.1. The lowest BCUT2D eigenvalue weighted by molar-refractivity contribution is 1.18. The maximum atomic E-state index is 2.76. The van der Waals surface area contributed by atoms with Gasteiger partial charge in [0, 0.05) is 0 Å². The predicted octanol–water partition coefficient (Wildman–Crippen LogP) is 6.83. The highest BCUT2D eigenvalue weighted by atomic mass is 28.3. The average Bonchev–Trinajstić information content (AvgIpc) is 2.73. The molecule has 27 heavy (non-hydrogen) atoms. The van der Waals surface area contributed by atoms with Gasteiger partial charge in [0.25, 0.3) is 0 Å². The Balaban J connectivity index is 3.86. The van der Waals surface area contributed by atoms with Crippen molar-refractivity contribution in [3.05, 3.63) is 18.2 Å². The Morgan fingerprint density at radius 2 is 0.519 bits per heavy atom. The molecule has 0 aliphatic carbocycles. The van der Waals surface area contributed by atoms with Crippen molar-refractivity contribution in [2.24, 2.45) is 0 Å². The Labute approximate surface area is 174 Å². The fraction of sp³-hybridized carbons (Fsp3) is 0.750. The fourth-order valence-electron chi connectivity index (χ4n) is 5.63. The summed E-state index contributed by atoms with van der Waals surface area (Å²) in [6.45, 7) is 22.2. The largest absolute Gasteiger partial charge is 0.0858 e. The third-order valence-corrected chi connectivity index (χ3v) is 25.6. The number of hydrogen-bond acceptors (Lipinski definition) is 0. The first-order valence-corrected chi connectivity index (χ1v) is 19.9. The standard InChI is InChI=1S/C24H48Si3/c1-10-25(11-2,12-3)22-19-23(26(13-4,14-5)15-6)21-24(20-22)27(16-7,17-8)18-9/h19-21H,10-18H2,1-9H3. The smallest absolute Gasteiger partial charge is 0.0675 e. The molecule has 0 aromatic heterocycles. The minimum atomic E-state index is -1.35. The summed E-state index contributed by atoms with van der Waals surface area (Å²) < 4.78 is 0. The summed E-state index contributed by atoms with van der Waals surface area (Å²) in [6, 6.07) is 20.9. The van der Waals surface area contributed by atoms with E-state index in [2.05, 4.69) is 80.5 Å². The van der Waals surface area contributed by atoms with Crippen LogP contribution >= 0.6 is 0 Å². The van der Waals surface area contributed by atoms with E-state index in [-0.39, 0.29) is 0 Å². The maximum absolute atomic E-state index is 2.76. The molecule has 0 saturated heterocycles. The lowest BCUT2D eigenvalue weighted by atomic mass is 10.3. The molecule has 0 amide bonds. The summed E-state index contributed by atoms with van der Waals surface area (Å²) in [7, 11) is -4.04. The number of rotatable bonds is 12. The predicted molar refractivity (Wildman–Crippen MR) is 137 cm³/mol. The van der Waals surface area contributed by atoms with Gasteiger partial charge in [0.2, 0.25) is 0 Å². The van der Waals surface area contributed by atoms with Gasteiger partial charge in [-0.1, -0.05) is 150 Å². The van der Waals surface area contributed by atoms with E-state index in [4.69, 9.17) is 0 Å². The molecular formula is C24H48Si3. The third-order valence-electron chi connectivity index (χ3n) is 8.86. The zero-order valence-corrected chi connectivity index (χ0v) is 23.1. The van der Waals surface area contributed by atoms with Crippen LogP contribution in [0.2, 0.25) is 54.4 Å². The molecule has 3 heteroatoms. The second kappa shape index (κ2) is 10.6. The Bertz CT molecular complexity index is 449. The highest BCUT2D eigenvalue weighted by molar-refractivity contribution is 6.97. The molecular weight excluding hydrogens is 373 g/mol. The van der Waals surface area contributed by atoms with Gasteiger partial charge in [0.1, 0.15) is 0 Å². The first-order chi connectivity index (χ1) is 12.9. The molecule has 1 rings (SSSR count). The summed E-state index contributed by atoms with van der Waals surface area (Å²) in [4.78, 5) is 0. The van der Waals surface area contributed by atoms with Gasteiger partial charge in [-0.25, -0.2) is 0 Å². The highest BCUT2D eigenvalue weighted by Gasteiger charge is 2.37. The van der Waals surface area contributed by atoms with Crippen molar-refractivity contribution in [2.45, 2.75) is 117 Å². The molecule has 0 atom stereocenters. The van der Waals surface area contributed by atoms with Gasteiger partial charge in [-0.3, -0.25) is 0 Å². The Morgan fingerprint density at radius 1 is 0.370 bits per heavy atom. The van der Waals surface area contributed by atoms with Crippen molar-refractivity contribution in [3.8, 4) is 0 Å². The monoisotopic (exact) mass is 420 g/mol. The van der Waals surface area contributed by atoms with Crippen LogP contribution in [0.3, 0.4) is 0 Å². The van der Waals surface area contributed by atoms with Crippen LogP contribution in [0.25, 0.3) is 0 Å². The van der Waals surface area contributed by atoms with Crippen LogP contribution in [-0.2, 0) is 0 Å². The molecule has 0 unspecified atom stereocenters. The minimum absolute atomic E-state index is 1.35. The van der Waals surface area contributed by atoms with E-state index >= 15 is 0 Å². The Kier molecular flexibility index (Phi) is 9.77. The van der Waals surface area contributed by atoms with E-state index in [9.17, 15) is 0 Å². The normalized spacial score (nSPS) is 13.2. The topological polar surface area (TPSA) is 0 Å². The van der Waals surface area contributed by atoms with Crippen molar-refractivity contribution in [3.63, 3.8) is 0 Å². The number of benzene rings is 1. The molecule has 1 aromatic rings. The maximum Gasteiger partial charge on any atom is 0.0858 e. The summed E-state index contributed by atoms with van der Waals surface area (Å²) in [5.41, 5.74) is 0. The molecule has 0 fully saturated rings. The summed E-state index contributed by atoms with van der Waals surface area (Å²) in [5.74, 6) is 0. The van der Waals surface area contributed by atoms with Crippen molar-refractivity contribution in [2.75, 3.05) is 0 Å². The Morgan fingerprint density at radius 3 is 0.630 bits per heavy atom. The van der Waals surface area contributed by atoms with Crippen LogP contribution in [-0.4, -0.2) is 24.2 Å². The van der Waals surface area contributed by atoms with Crippen LogP contribution in [0.4, 0.5) is 0 Å². The molecule has 0 nitrogen and oxygen atoms in total. The molecule has 0 N–H and O–H groups in total. The molecule has 1 aromatic carbocycles. The fourth-order valence-corrected chi connectivity index (χ4v) is 17.0. The summed E-state index contributed by atoms with van der Waals surface area (Å²) in [5, 5.41) is 5.46. The van der Waals surface area contributed by atoms with Crippen molar-refractivity contribution in [1.29, 1.82) is 0 Å². The van der Waals surface area contributed by atoms with Crippen LogP contribution in [0.5, 0.6) is 0 Å². The van der Waals surface area contributed by atoms with Gasteiger partial charge in [-0.15, -0.1) is 0 Å².